The molecule has 0 aliphatic carbocycles. The summed E-state index contributed by atoms with van der Waals surface area (Å²) in [7, 11) is -2.19. The van der Waals surface area contributed by atoms with E-state index in [1.807, 2.05) is 0 Å². The quantitative estimate of drug-likeness (QED) is 0.652. The van der Waals surface area contributed by atoms with E-state index in [0.29, 0.717) is 30.1 Å². The van der Waals surface area contributed by atoms with Crippen LogP contribution in [0.1, 0.15) is 23.4 Å². The van der Waals surface area contributed by atoms with Crippen molar-refractivity contribution in [1.82, 2.24) is 4.31 Å². The molecule has 0 bridgehead atoms. The molecule has 1 aliphatic rings. The number of anilines is 1. The van der Waals surface area contributed by atoms with E-state index in [1.54, 1.807) is 30.3 Å². The average Bonchev–Trinajstić information content (AvgIpc) is 3.39. The van der Waals surface area contributed by atoms with Gasteiger partial charge < -0.3 is 14.5 Å². The average molecular weight is 435 g/mol. The monoisotopic (exact) mass is 434 g/mol. The molecule has 0 atom stereocenters. The molecular weight excluding hydrogens is 416 g/mol. The summed E-state index contributed by atoms with van der Waals surface area (Å²) in [5, 5.41) is 3.51. The second-order valence-corrected chi connectivity index (χ2v) is 9.01. The van der Waals surface area contributed by atoms with E-state index in [9.17, 15) is 13.2 Å². The van der Waals surface area contributed by atoms with Gasteiger partial charge in [0.2, 0.25) is 10.0 Å². The number of carbonyl (C=O) groups excluding carboxylic acids is 1. The van der Waals surface area contributed by atoms with Crippen molar-refractivity contribution >= 4 is 44.2 Å². The van der Waals surface area contributed by atoms with Crippen molar-refractivity contribution in [2.75, 3.05) is 25.5 Å². The lowest BCUT2D eigenvalue weighted by Gasteiger charge is -2.17. The molecule has 2 heterocycles. The van der Waals surface area contributed by atoms with Gasteiger partial charge in [-0.3, -0.25) is 4.79 Å². The molecule has 1 amide bonds. The van der Waals surface area contributed by atoms with Crippen LogP contribution in [0.2, 0.25) is 5.02 Å². The largest absolute Gasteiger partial charge is 0.493 e. The standard InChI is InChI=1S/C20H19ClN2O5S/c1-27-16-6-4-5-13-11-17(28-19(13)16)20(24)22-14-7-8-15(21)18(12-14)29(25,26)23-9-2-3-10-23/h4-8,11-12H,2-3,9-10H2,1H3,(H,22,24). The van der Waals surface area contributed by atoms with E-state index in [1.165, 1.54) is 23.5 Å². The third kappa shape index (κ3) is 3.71. The Hall–Kier alpha value is -2.55. The van der Waals surface area contributed by atoms with Crippen LogP contribution in [-0.2, 0) is 10.0 Å². The number of methoxy groups -OCH3 is 1. The fourth-order valence-electron chi connectivity index (χ4n) is 3.35. The Labute approximate surface area is 173 Å². The van der Waals surface area contributed by atoms with E-state index in [4.69, 9.17) is 20.8 Å². The highest BCUT2D eigenvalue weighted by atomic mass is 35.5. The maximum absolute atomic E-state index is 12.8. The molecule has 0 unspecified atom stereocenters. The van der Waals surface area contributed by atoms with Crippen LogP contribution in [0.4, 0.5) is 5.69 Å². The lowest BCUT2D eigenvalue weighted by molar-refractivity contribution is 0.0998. The van der Waals surface area contributed by atoms with Crippen LogP contribution >= 0.6 is 11.6 Å². The summed E-state index contributed by atoms with van der Waals surface area (Å²) in [5.74, 6) is 0.102. The molecule has 152 valence electrons. The summed E-state index contributed by atoms with van der Waals surface area (Å²) in [6.07, 6.45) is 1.64. The van der Waals surface area contributed by atoms with E-state index in [2.05, 4.69) is 5.32 Å². The summed E-state index contributed by atoms with van der Waals surface area (Å²) in [6.45, 7) is 0.937. The van der Waals surface area contributed by atoms with Crippen molar-refractivity contribution in [1.29, 1.82) is 0 Å². The fraction of sp³-hybridized carbons (Fsp3) is 0.250. The first-order valence-electron chi connectivity index (χ1n) is 9.08. The van der Waals surface area contributed by atoms with E-state index in [-0.39, 0.29) is 15.7 Å². The minimum absolute atomic E-state index is 0.0230. The number of carbonyl (C=O) groups is 1. The van der Waals surface area contributed by atoms with Crippen molar-refractivity contribution < 1.29 is 22.4 Å². The summed E-state index contributed by atoms with van der Waals surface area (Å²) in [6, 6.07) is 11.3. The maximum Gasteiger partial charge on any atom is 0.291 e. The molecule has 0 spiro atoms. The lowest BCUT2D eigenvalue weighted by atomic mass is 10.2. The Bertz CT molecular complexity index is 1180. The summed E-state index contributed by atoms with van der Waals surface area (Å²) >= 11 is 6.15. The Morgan fingerprint density at radius 1 is 1.17 bits per heavy atom. The van der Waals surface area contributed by atoms with Crippen LogP contribution in [0.15, 0.2) is 51.8 Å². The number of para-hydroxylation sites is 1. The number of amides is 1. The van der Waals surface area contributed by atoms with Crippen molar-refractivity contribution in [2.45, 2.75) is 17.7 Å². The third-order valence-corrected chi connectivity index (χ3v) is 7.20. The van der Waals surface area contributed by atoms with Crippen molar-refractivity contribution in [3.8, 4) is 5.75 Å². The van der Waals surface area contributed by atoms with Crippen LogP contribution in [0.5, 0.6) is 5.75 Å². The minimum Gasteiger partial charge on any atom is -0.493 e. The molecule has 2 aromatic carbocycles. The molecule has 4 rings (SSSR count). The molecule has 1 N–H and O–H groups in total. The summed E-state index contributed by atoms with van der Waals surface area (Å²) < 4.78 is 38.0. The van der Waals surface area contributed by atoms with Gasteiger partial charge in [0, 0.05) is 24.2 Å². The van der Waals surface area contributed by atoms with Gasteiger partial charge in [-0.2, -0.15) is 4.31 Å². The number of rotatable bonds is 5. The molecule has 7 nitrogen and oxygen atoms in total. The van der Waals surface area contributed by atoms with Crippen molar-refractivity contribution in [3.63, 3.8) is 0 Å². The number of fused-ring (bicyclic) bond motifs is 1. The van der Waals surface area contributed by atoms with Crippen molar-refractivity contribution in [3.05, 3.63) is 53.2 Å². The van der Waals surface area contributed by atoms with Crippen LogP contribution in [0.25, 0.3) is 11.0 Å². The van der Waals surface area contributed by atoms with Crippen LogP contribution < -0.4 is 10.1 Å². The highest BCUT2D eigenvalue weighted by Gasteiger charge is 2.29. The van der Waals surface area contributed by atoms with E-state index in [0.717, 1.165) is 18.2 Å². The van der Waals surface area contributed by atoms with Gasteiger partial charge in [-0.1, -0.05) is 23.7 Å². The van der Waals surface area contributed by atoms with Gasteiger partial charge in [-0.25, -0.2) is 8.42 Å². The van der Waals surface area contributed by atoms with E-state index < -0.39 is 15.9 Å². The number of hydrogen-bond donors (Lipinski definition) is 1. The Morgan fingerprint density at radius 3 is 2.66 bits per heavy atom. The molecule has 1 aliphatic heterocycles. The lowest BCUT2D eigenvalue weighted by Crippen LogP contribution is -2.28. The number of furan rings is 1. The van der Waals surface area contributed by atoms with Crippen LogP contribution in [0.3, 0.4) is 0 Å². The summed E-state index contributed by atoms with van der Waals surface area (Å²) in [4.78, 5) is 12.6. The number of ether oxygens (including phenoxy) is 1. The second-order valence-electron chi connectivity index (χ2n) is 6.70. The normalized spacial score (nSPS) is 15.0. The zero-order valence-electron chi connectivity index (χ0n) is 15.6. The highest BCUT2D eigenvalue weighted by Crippen LogP contribution is 2.31. The second kappa shape index (κ2) is 7.70. The predicted octanol–water partition coefficient (Wildman–Crippen LogP) is 4.13. The first kappa shape index (κ1) is 19.8. The first-order valence-corrected chi connectivity index (χ1v) is 10.9. The number of hydrogen-bond acceptors (Lipinski definition) is 5. The number of nitrogens with one attached hydrogen (secondary N) is 1. The van der Waals surface area contributed by atoms with Gasteiger partial charge in [0.15, 0.2) is 17.1 Å². The molecule has 29 heavy (non-hydrogen) atoms. The van der Waals surface area contributed by atoms with Gasteiger partial charge in [0.25, 0.3) is 5.91 Å². The number of halogens is 1. The number of sulfonamides is 1. The van der Waals surface area contributed by atoms with E-state index >= 15 is 0 Å². The van der Waals surface area contributed by atoms with Crippen LogP contribution in [-0.4, -0.2) is 38.8 Å². The maximum atomic E-state index is 12.8. The minimum atomic E-state index is -3.71. The fourth-order valence-corrected chi connectivity index (χ4v) is 5.37. The predicted molar refractivity (Wildman–Crippen MR) is 110 cm³/mol. The molecule has 9 heteroatoms. The zero-order valence-corrected chi connectivity index (χ0v) is 17.2. The van der Waals surface area contributed by atoms with Gasteiger partial charge in [0.05, 0.1) is 12.1 Å². The third-order valence-electron chi connectivity index (χ3n) is 4.82. The van der Waals surface area contributed by atoms with Gasteiger partial charge in [-0.05, 0) is 43.2 Å². The zero-order chi connectivity index (χ0) is 20.6. The van der Waals surface area contributed by atoms with Crippen molar-refractivity contribution in [2.24, 2.45) is 0 Å². The molecule has 1 aromatic heterocycles. The first-order chi connectivity index (χ1) is 13.9. The Kier molecular flexibility index (Phi) is 5.24. The number of benzene rings is 2. The Balaban J connectivity index is 1.62. The SMILES string of the molecule is COc1cccc2cc(C(=O)Nc3ccc(Cl)c(S(=O)(=O)N4CCCC4)c3)oc12. The van der Waals surface area contributed by atoms with Gasteiger partial charge >= 0.3 is 0 Å². The molecule has 0 radical (unpaired) electrons. The smallest absolute Gasteiger partial charge is 0.291 e. The molecule has 1 fully saturated rings. The van der Waals surface area contributed by atoms with Crippen LogP contribution in [0, 0.1) is 0 Å². The molecule has 1 saturated heterocycles. The highest BCUT2D eigenvalue weighted by molar-refractivity contribution is 7.89. The molecule has 0 saturated carbocycles. The topological polar surface area (TPSA) is 88.8 Å². The number of nitrogens with zero attached hydrogens (tertiary/aromatic N) is 1. The summed E-state index contributed by atoms with van der Waals surface area (Å²) in [5.41, 5.74) is 0.776. The van der Waals surface area contributed by atoms with Gasteiger partial charge in [-0.15, -0.1) is 0 Å². The van der Waals surface area contributed by atoms with Gasteiger partial charge in [0.1, 0.15) is 4.90 Å². The molecular formula is C20H19ClN2O5S. The molecule has 3 aromatic rings. The Morgan fingerprint density at radius 2 is 1.93 bits per heavy atom.